The molecule has 0 fully saturated rings. The van der Waals surface area contributed by atoms with Gasteiger partial charge in [-0.1, -0.05) is 13.8 Å². The Hall–Kier alpha value is -1.34. The van der Waals surface area contributed by atoms with E-state index in [2.05, 4.69) is 0 Å². The van der Waals surface area contributed by atoms with Gasteiger partial charge in [-0.2, -0.15) is 5.26 Å². The summed E-state index contributed by atoms with van der Waals surface area (Å²) in [6.07, 6.45) is 0. The van der Waals surface area contributed by atoms with Crippen LogP contribution in [0.3, 0.4) is 0 Å². The Labute approximate surface area is 93.3 Å². The maximum absolute atomic E-state index is 11.9. The van der Waals surface area contributed by atoms with Crippen LogP contribution in [0.5, 0.6) is 5.75 Å². The molecule has 80 valence electrons. The van der Waals surface area contributed by atoms with Crippen molar-refractivity contribution < 1.29 is 9.53 Å². The molecule has 1 unspecified atom stereocenters. The van der Waals surface area contributed by atoms with E-state index < -0.39 is 5.92 Å². The lowest BCUT2D eigenvalue weighted by Gasteiger charge is -2.09. The number of methoxy groups -OCH3 is 1. The van der Waals surface area contributed by atoms with E-state index in [1.165, 1.54) is 11.3 Å². The zero-order valence-corrected chi connectivity index (χ0v) is 9.80. The smallest absolute Gasteiger partial charge is 0.190 e. The first-order chi connectivity index (χ1) is 7.10. The molecule has 15 heavy (non-hydrogen) atoms. The van der Waals surface area contributed by atoms with Gasteiger partial charge in [-0.25, -0.2) is 0 Å². The standard InChI is InChI=1S/C11H13NO2S/c1-7(2)9(5-12)11(13)10-4-8(14-3)6-15-10/h4,6-7,9H,1-3H3. The second-order valence-electron chi connectivity index (χ2n) is 3.57. The maximum atomic E-state index is 11.9. The average molecular weight is 223 g/mol. The van der Waals surface area contributed by atoms with Gasteiger partial charge in [0.05, 0.1) is 18.1 Å². The van der Waals surface area contributed by atoms with Crippen molar-refractivity contribution in [1.82, 2.24) is 0 Å². The molecule has 0 N–H and O–H groups in total. The van der Waals surface area contributed by atoms with Crippen molar-refractivity contribution >= 4 is 17.1 Å². The van der Waals surface area contributed by atoms with E-state index in [0.717, 1.165) is 0 Å². The summed E-state index contributed by atoms with van der Waals surface area (Å²) in [7, 11) is 1.56. The van der Waals surface area contributed by atoms with Crippen LogP contribution in [0.15, 0.2) is 11.4 Å². The molecule has 1 rings (SSSR count). The van der Waals surface area contributed by atoms with E-state index in [0.29, 0.717) is 10.6 Å². The molecule has 0 saturated carbocycles. The summed E-state index contributed by atoms with van der Waals surface area (Å²) in [5.41, 5.74) is 0. The summed E-state index contributed by atoms with van der Waals surface area (Å²) in [5, 5.41) is 10.7. The summed E-state index contributed by atoms with van der Waals surface area (Å²) >= 11 is 1.32. The Balaban J connectivity index is 2.89. The number of thiophene rings is 1. The van der Waals surface area contributed by atoms with Crippen LogP contribution in [-0.2, 0) is 0 Å². The van der Waals surface area contributed by atoms with Gasteiger partial charge in [-0.15, -0.1) is 11.3 Å². The number of hydrogen-bond donors (Lipinski definition) is 0. The van der Waals surface area contributed by atoms with E-state index in [1.807, 2.05) is 19.9 Å². The number of nitriles is 1. The highest BCUT2D eigenvalue weighted by Gasteiger charge is 2.24. The lowest BCUT2D eigenvalue weighted by molar-refractivity contribution is 0.0928. The van der Waals surface area contributed by atoms with Gasteiger partial charge in [0.1, 0.15) is 11.7 Å². The molecule has 4 heteroatoms. The van der Waals surface area contributed by atoms with E-state index >= 15 is 0 Å². The van der Waals surface area contributed by atoms with Gasteiger partial charge in [0.15, 0.2) is 5.78 Å². The fourth-order valence-corrected chi connectivity index (χ4v) is 2.05. The number of Topliss-reactive ketones (excluding diaryl/α,β-unsaturated/α-hetero) is 1. The number of carbonyl (C=O) groups excluding carboxylic acids is 1. The third kappa shape index (κ3) is 2.57. The molecular formula is C11H13NO2S. The molecule has 0 aromatic carbocycles. The number of rotatable bonds is 4. The van der Waals surface area contributed by atoms with E-state index in [-0.39, 0.29) is 11.7 Å². The zero-order chi connectivity index (χ0) is 11.4. The fourth-order valence-electron chi connectivity index (χ4n) is 1.22. The van der Waals surface area contributed by atoms with E-state index in [4.69, 9.17) is 10.00 Å². The van der Waals surface area contributed by atoms with Gasteiger partial charge in [-0.3, -0.25) is 4.79 Å². The lowest BCUT2D eigenvalue weighted by Crippen LogP contribution is -2.17. The van der Waals surface area contributed by atoms with E-state index in [1.54, 1.807) is 18.6 Å². The SMILES string of the molecule is COc1csc(C(=O)C(C#N)C(C)C)c1. The minimum Gasteiger partial charge on any atom is -0.496 e. The van der Waals surface area contributed by atoms with Crippen LogP contribution in [0.1, 0.15) is 23.5 Å². The van der Waals surface area contributed by atoms with Gasteiger partial charge in [0.2, 0.25) is 0 Å². The summed E-state index contributed by atoms with van der Waals surface area (Å²) < 4.78 is 4.99. The molecule has 0 amide bonds. The Morgan fingerprint density at radius 2 is 2.27 bits per heavy atom. The third-order valence-electron chi connectivity index (χ3n) is 2.14. The number of nitrogens with zero attached hydrogens (tertiary/aromatic N) is 1. The molecule has 0 bridgehead atoms. The van der Waals surface area contributed by atoms with Gasteiger partial charge >= 0.3 is 0 Å². The van der Waals surface area contributed by atoms with Crippen molar-refractivity contribution in [2.24, 2.45) is 11.8 Å². The van der Waals surface area contributed by atoms with Crippen LogP contribution in [-0.4, -0.2) is 12.9 Å². The number of hydrogen-bond acceptors (Lipinski definition) is 4. The third-order valence-corrected chi connectivity index (χ3v) is 3.07. The largest absolute Gasteiger partial charge is 0.496 e. The van der Waals surface area contributed by atoms with Crippen LogP contribution in [0.2, 0.25) is 0 Å². The van der Waals surface area contributed by atoms with Gasteiger partial charge in [0, 0.05) is 11.4 Å². The summed E-state index contributed by atoms with van der Waals surface area (Å²) in [6.45, 7) is 3.74. The Bertz CT molecular complexity index is 390. The van der Waals surface area contributed by atoms with Crippen LogP contribution >= 0.6 is 11.3 Å². The number of ketones is 1. The van der Waals surface area contributed by atoms with Crippen molar-refractivity contribution in [3.05, 3.63) is 16.3 Å². The maximum Gasteiger partial charge on any atom is 0.190 e. The van der Waals surface area contributed by atoms with Gasteiger partial charge in [-0.05, 0) is 5.92 Å². The molecule has 0 radical (unpaired) electrons. The van der Waals surface area contributed by atoms with Crippen molar-refractivity contribution in [2.75, 3.05) is 7.11 Å². The number of ether oxygens (including phenoxy) is 1. The summed E-state index contributed by atoms with van der Waals surface area (Å²) in [5.74, 6) is 0.0357. The highest BCUT2D eigenvalue weighted by molar-refractivity contribution is 7.12. The van der Waals surface area contributed by atoms with Crippen molar-refractivity contribution in [3.63, 3.8) is 0 Å². The highest BCUT2D eigenvalue weighted by Crippen LogP contribution is 2.25. The van der Waals surface area contributed by atoms with Gasteiger partial charge < -0.3 is 4.74 Å². The zero-order valence-electron chi connectivity index (χ0n) is 8.98. The average Bonchev–Trinajstić information content (AvgIpc) is 2.66. The molecule has 1 aromatic rings. The van der Waals surface area contributed by atoms with Gasteiger partial charge in [0.25, 0.3) is 0 Å². The van der Waals surface area contributed by atoms with Crippen LogP contribution < -0.4 is 4.74 Å². The fraction of sp³-hybridized carbons (Fsp3) is 0.455. The van der Waals surface area contributed by atoms with Crippen LogP contribution in [0.25, 0.3) is 0 Å². The minimum absolute atomic E-state index is 0.0376. The summed E-state index contributed by atoms with van der Waals surface area (Å²) in [6, 6.07) is 3.72. The molecule has 0 saturated heterocycles. The van der Waals surface area contributed by atoms with Crippen LogP contribution in [0, 0.1) is 23.2 Å². The monoisotopic (exact) mass is 223 g/mol. The molecule has 0 spiro atoms. The molecule has 0 aliphatic rings. The summed E-state index contributed by atoms with van der Waals surface area (Å²) in [4.78, 5) is 12.5. The lowest BCUT2D eigenvalue weighted by atomic mass is 9.92. The molecule has 1 aromatic heterocycles. The number of carbonyl (C=O) groups is 1. The predicted octanol–water partition coefficient (Wildman–Crippen LogP) is 2.74. The molecule has 3 nitrogen and oxygen atoms in total. The molecule has 1 atom stereocenters. The highest BCUT2D eigenvalue weighted by atomic mass is 32.1. The predicted molar refractivity (Wildman–Crippen MR) is 59.1 cm³/mol. The second kappa shape index (κ2) is 4.94. The Morgan fingerprint density at radius 3 is 2.67 bits per heavy atom. The first-order valence-electron chi connectivity index (χ1n) is 4.66. The Kier molecular flexibility index (Phi) is 3.87. The molecule has 0 aliphatic heterocycles. The van der Waals surface area contributed by atoms with Crippen molar-refractivity contribution in [3.8, 4) is 11.8 Å². The minimum atomic E-state index is -0.562. The molecule has 0 aliphatic carbocycles. The normalized spacial score (nSPS) is 12.2. The first kappa shape index (κ1) is 11.7. The van der Waals surface area contributed by atoms with Crippen molar-refractivity contribution in [1.29, 1.82) is 5.26 Å². The topological polar surface area (TPSA) is 50.1 Å². The van der Waals surface area contributed by atoms with E-state index in [9.17, 15) is 4.79 Å². The van der Waals surface area contributed by atoms with Crippen molar-refractivity contribution in [2.45, 2.75) is 13.8 Å². The van der Waals surface area contributed by atoms with Crippen LogP contribution in [0.4, 0.5) is 0 Å². The quantitative estimate of drug-likeness (QED) is 0.737. The second-order valence-corrected chi connectivity index (χ2v) is 4.48. The Morgan fingerprint density at radius 1 is 1.60 bits per heavy atom. The first-order valence-corrected chi connectivity index (χ1v) is 5.54. The molecular weight excluding hydrogens is 210 g/mol. The molecule has 1 heterocycles.